The molecule has 0 aromatic heterocycles. The Labute approximate surface area is 102 Å². The molecule has 0 spiro atoms. The van der Waals surface area contributed by atoms with Gasteiger partial charge in [-0.25, -0.2) is 4.39 Å². The molecule has 0 saturated heterocycles. The van der Waals surface area contributed by atoms with Crippen LogP contribution in [0.1, 0.15) is 31.2 Å². The van der Waals surface area contributed by atoms with E-state index >= 15 is 0 Å². The van der Waals surface area contributed by atoms with Crippen LogP contribution in [0.25, 0.3) is 0 Å². The topological polar surface area (TPSA) is 21.3 Å². The summed E-state index contributed by atoms with van der Waals surface area (Å²) >= 11 is 0. The van der Waals surface area contributed by atoms with Crippen LogP contribution in [-0.4, -0.2) is 19.3 Å². The number of nitrogens with one attached hydrogen (secondary N) is 1. The standard InChI is InChI=1S/C14H20FNO/c1-17-14-8-3-2-7-13(14)16-10-11-5-4-6-12(15)9-11/h4-6,9,13-14,16H,2-3,7-8,10H2,1H3. The Morgan fingerprint density at radius 2 is 2.18 bits per heavy atom. The second-order valence-corrected chi connectivity index (χ2v) is 4.68. The van der Waals surface area contributed by atoms with E-state index in [1.807, 2.05) is 6.07 Å². The van der Waals surface area contributed by atoms with E-state index in [9.17, 15) is 4.39 Å². The summed E-state index contributed by atoms with van der Waals surface area (Å²) in [4.78, 5) is 0. The molecule has 94 valence electrons. The maximum atomic E-state index is 13.0. The fourth-order valence-electron chi connectivity index (χ4n) is 2.51. The van der Waals surface area contributed by atoms with Gasteiger partial charge in [-0.2, -0.15) is 0 Å². The van der Waals surface area contributed by atoms with Gasteiger partial charge in [0, 0.05) is 19.7 Å². The van der Waals surface area contributed by atoms with Crippen LogP contribution in [0.5, 0.6) is 0 Å². The van der Waals surface area contributed by atoms with Gasteiger partial charge in [0.1, 0.15) is 5.82 Å². The lowest BCUT2D eigenvalue weighted by molar-refractivity contribution is 0.0413. The number of benzene rings is 1. The lowest BCUT2D eigenvalue weighted by Crippen LogP contribution is -2.42. The average molecular weight is 237 g/mol. The Hall–Kier alpha value is -0.930. The van der Waals surface area contributed by atoms with Crippen LogP contribution in [0.2, 0.25) is 0 Å². The van der Waals surface area contributed by atoms with Crippen molar-refractivity contribution in [2.24, 2.45) is 0 Å². The number of hydrogen-bond acceptors (Lipinski definition) is 2. The van der Waals surface area contributed by atoms with Gasteiger partial charge in [0.2, 0.25) is 0 Å². The van der Waals surface area contributed by atoms with E-state index in [0.29, 0.717) is 18.7 Å². The largest absolute Gasteiger partial charge is 0.380 e. The molecule has 1 N–H and O–H groups in total. The van der Waals surface area contributed by atoms with Crippen LogP contribution in [0.4, 0.5) is 4.39 Å². The van der Waals surface area contributed by atoms with Gasteiger partial charge in [-0.3, -0.25) is 0 Å². The lowest BCUT2D eigenvalue weighted by Gasteiger charge is -2.31. The Morgan fingerprint density at radius 1 is 1.35 bits per heavy atom. The molecule has 0 aliphatic heterocycles. The van der Waals surface area contributed by atoms with Gasteiger partial charge < -0.3 is 10.1 Å². The van der Waals surface area contributed by atoms with Gasteiger partial charge in [0.25, 0.3) is 0 Å². The summed E-state index contributed by atoms with van der Waals surface area (Å²) in [6.45, 7) is 0.711. The van der Waals surface area contributed by atoms with E-state index in [0.717, 1.165) is 18.4 Å². The van der Waals surface area contributed by atoms with Crippen molar-refractivity contribution < 1.29 is 9.13 Å². The molecule has 2 atom stereocenters. The van der Waals surface area contributed by atoms with E-state index in [4.69, 9.17) is 4.74 Å². The van der Waals surface area contributed by atoms with E-state index in [1.54, 1.807) is 19.2 Å². The Kier molecular flexibility index (Phi) is 4.51. The number of methoxy groups -OCH3 is 1. The third-order valence-corrected chi connectivity index (χ3v) is 3.46. The molecule has 17 heavy (non-hydrogen) atoms. The van der Waals surface area contributed by atoms with Crippen LogP contribution >= 0.6 is 0 Å². The van der Waals surface area contributed by atoms with E-state index in [2.05, 4.69) is 5.32 Å². The van der Waals surface area contributed by atoms with Crippen LogP contribution in [0.15, 0.2) is 24.3 Å². The monoisotopic (exact) mass is 237 g/mol. The molecule has 1 aliphatic carbocycles. The number of rotatable bonds is 4. The molecule has 1 saturated carbocycles. The van der Waals surface area contributed by atoms with Crippen molar-refractivity contribution >= 4 is 0 Å². The number of ether oxygens (including phenoxy) is 1. The molecular formula is C14H20FNO. The van der Waals surface area contributed by atoms with Crippen molar-refractivity contribution in [3.63, 3.8) is 0 Å². The quantitative estimate of drug-likeness (QED) is 0.869. The first-order valence-electron chi connectivity index (χ1n) is 6.30. The summed E-state index contributed by atoms with van der Waals surface area (Å²) in [5.74, 6) is -0.170. The number of halogens is 1. The molecule has 1 fully saturated rings. The maximum Gasteiger partial charge on any atom is 0.123 e. The first kappa shape index (κ1) is 12.5. The first-order valence-corrected chi connectivity index (χ1v) is 6.30. The Bertz CT molecular complexity index is 356. The van der Waals surface area contributed by atoms with Crippen molar-refractivity contribution in [2.75, 3.05) is 7.11 Å². The van der Waals surface area contributed by atoms with Crippen LogP contribution in [0, 0.1) is 5.82 Å². The van der Waals surface area contributed by atoms with Gasteiger partial charge >= 0.3 is 0 Å². The third kappa shape index (κ3) is 3.51. The zero-order valence-electron chi connectivity index (χ0n) is 10.3. The molecule has 0 heterocycles. The zero-order chi connectivity index (χ0) is 12.1. The minimum absolute atomic E-state index is 0.170. The van der Waals surface area contributed by atoms with Crippen LogP contribution < -0.4 is 5.32 Å². The minimum atomic E-state index is -0.170. The molecule has 3 heteroatoms. The summed E-state index contributed by atoms with van der Waals surface area (Å²) in [6, 6.07) is 7.15. The predicted octanol–water partition coefficient (Wildman–Crippen LogP) is 2.87. The first-order chi connectivity index (χ1) is 8.29. The lowest BCUT2D eigenvalue weighted by atomic mass is 9.92. The average Bonchev–Trinajstić information content (AvgIpc) is 2.37. The van der Waals surface area contributed by atoms with Crippen LogP contribution in [0.3, 0.4) is 0 Å². The van der Waals surface area contributed by atoms with Gasteiger partial charge in [-0.05, 0) is 30.5 Å². The summed E-state index contributed by atoms with van der Waals surface area (Å²) in [7, 11) is 1.77. The molecule has 2 unspecified atom stereocenters. The second kappa shape index (κ2) is 6.12. The SMILES string of the molecule is COC1CCCCC1NCc1cccc(F)c1. The molecule has 2 nitrogen and oxygen atoms in total. The normalized spacial score (nSPS) is 24.8. The van der Waals surface area contributed by atoms with Crippen molar-refractivity contribution in [1.29, 1.82) is 0 Å². The van der Waals surface area contributed by atoms with Crippen molar-refractivity contribution in [1.82, 2.24) is 5.32 Å². The second-order valence-electron chi connectivity index (χ2n) is 4.68. The maximum absolute atomic E-state index is 13.0. The molecule has 0 amide bonds. The van der Waals surface area contributed by atoms with Gasteiger partial charge in [0.05, 0.1) is 6.10 Å². The van der Waals surface area contributed by atoms with E-state index < -0.39 is 0 Å². The number of hydrogen-bond donors (Lipinski definition) is 1. The van der Waals surface area contributed by atoms with Gasteiger partial charge in [-0.15, -0.1) is 0 Å². The van der Waals surface area contributed by atoms with Gasteiger partial charge in [-0.1, -0.05) is 25.0 Å². The van der Waals surface area contributed by atoms with Crippen LogP contribution in [-0.2, 0) is 11.3 Å². The minimum Gasteiger partial charge on any atom is -0.380 e. The zero-order valence-corrected chi connectivity index (χ0v) is 10.3. The molecule has 0 radical (unpaired) electrons. The van der Waals surface area contributed by atoms with E-state index in [-0.39, 0.29) is 5.82 Å². The summed E-state index contributed by atoms with van der Waals surface area (Å²) in [5, 5.41) is 3.47. The highest BCUT2D eigenvalue weighted by Gasteiger charge is 2.23. The Balaban J connectivity index is 1.88. The van der Waals surface area contributed by atoms with E-state index in [1.165, 1.54) is 18.9 Å². The fraction of sp³-hybridized carbons (Fsp3) is 0.571. The van der Waals surface area contributed by atoms with Crippen molar-refractivity contribution in [3.8, 4) is 0 Å². The highest BCUT2D eigenvalue weighted by atomic mass is 19.1. The summed E-state index contributed by atoms with van der Waals surface area (Å²) in [5.41, 5.74) is 0.991. The van der Waals surface area contributed by atoms with Crippen molar-refractivity contribution in [3.05, 3.63) is 35.6 Å². The molecule has 1 aromatic rings. The summed E-state index contributed by atoms with van der Waals surface area (Å²) < 4.78 is 18.5. The molecule has 2 rings (SSSR count). The smallest absolute Gasteiger partial charge is 0.123 e. The fourth-order valence-corrected chi connectivity index (χ4v) is 2.51. The third-order valence-electron chi connectivity index (χ3n) is 3.46. The molecule has 1 aliphatic rings. The Morgan fingerprint density at radius 3 is 2.94 bits per heavy atom. The highest BCUT2D eigenvalue weighted by Crippen LogP contribution is 2.21. The highest BCUT2D eigenvalue weighted by molar-refractivity contribution is 5.16. The summed E-state index contributed by atoms with van der Waals surface area (Å²) in [6.07, 6.45) is 5.07. The predicted molar refractivity (Wildman–Crippen MR) is 66.3 cm³/mol. The molecule has 0 bridgehead atoms. The van der Waals surface area contributed by atoms with Gasteiger partial charge in [0.15, 0.2) is 0 Å². The molecule has 1 aromatic carbocycles. The van der Waals surface area contributed by atoms with Crippen molar-refractivity contribution in [2.45, 2.75) is 44.4 Å². The molecular weight excluding hydrogens is 217 g/mol.